The largest absolute Gasteiger partial charge is 0.508 e. The van der Waals surface area contributed by atoms with E-state index >= 15 is 0 Å². The van der Waals surface area contributed by atoms with Gasteiger partial charge in [0.15, 0.2) is 0 Å². The van der Waals surface area contributed by atoms with Crippen molar-refractivity contribution in [1.29, 1.82) is 0 Å². The molecule has 2 aliphatic rings. The van der Waals surface area contributed by atoms with Crippen LogP contribution < -0.4 is 0 Å². The Balaban J connectivity index is 1.69. The molecule has 1 aromatic carbocycles. The van der Waals surface area contributed by atoms with Crippen molar-refractivity contribution in [2.75, 3.05) is 33.7 Å². The molecule has 0 radical (unpaired) electrons. The maximum Gasteiger partial charge on any atom is 0.416 e. The Hall–Kier alpha value is -2.29. The van der Waals surface area contributed by atoms with E-state index in [1.807, 2.05) is 19.0 Å². The van der Waals surface area contributed by atoms with Gasteiger partial charge in [0.2, 0.25) is 0 Å². The van der Waals surface area contributed by atoms with E-state index in [0.717, 1.165) is 12.1 Å². The first-order valence-corrected chi connectivity index (χ1v) is 9.06. The zero-order valence-electron chi connectivity index (χ0n) is 15.8. The molecule has 3 rings (SSSR count). The number of benzene rings is 1. The summed E-state index contributed by atoms with van der Waals surface area (Å²) >= 11 is 0. The lowest BCUT2D eigenvalue weighted by atomic mass is 9.76. The number of piperidine rings is 1. The van der Waals surface area contributed by atoms with Crippen LogP contribution in [0.3, 0.4) is 0 Å². The van der Waals surface area contributed by atoms with Gasteiger partial charge < -0.3 is 19.6 Å². The van der Waals surface area contributed by atoms with Crippen molar-refractivity contribution in [3.63, 3.8) is 0 Å². The van der Waals surface area contributed by atoms with Crippen molar-refractivity contribution >= 4 is 11.9 Å². The van der Waals surface area contributed by atoms with E-state index in [1.165, 1.54) is 4.90 Å². The van der Waals surface area contributed by atoms with E-state index in [9.17, 15) is 27.9 Å². The molecular formula is C19H23F3N2O4. The van der Waals surface area contributed by atoms with Gasteiger partial charge in [0.25, 0.3) is 5.91 Å². The minimum Gasteiger partial charge on any atom is -0.508 e. The molecule has 1 unspecified atom stereocenters. The van der Waals surface area contributed by atoms with Crippen LogP contribution in [0.2, 0.25) is 0 Å². The molecule has 1 amide bonds. The fraction of sp³-hybridized carbons (Fsp3) is 0.579. The molecule has 154 valence electrons. The zero-order valence-corrected chi connectivity index (χ0v) is 15.8. The molecule has 6 nitrogen and oxygen atoms in total. The second-order valence-corrected chi connectivity index (χ2v) is 7.83. The van der Waals surface area contributed by atoms with Crippen molar-refractivity contribution < 1.29 is 32.6 Å². The monoisotopic (exact) mass is 400 g/mol. The Morgan fingerprint density at radius 1 is 1.29 bits per heavy atom. The minimum absolute atomic E-state index is 0.190. The lowest BCUT2D eigenvalue weighted by Gasteiger charge is -2.36. The lowest BCUT2D eigenvalue weighted by molar-refractivity contribution is -0.150. The van der Waals surface area contributed by atoms with Crippen molar-refractivity contribution in [1.82, 2.24) is 9.80 Å². The number of carbonyl (C=O) groups is 2. The SMILES string of the molecule is CN(C)CC1CC2(CCN(C(=O)c3cc(O)cc(C(F)(F)F)c3)CC2)C(=O)O1. The summed E-state index contributed by atoms with van der Waals surface area (Å²) in [6.45, 7) is 1.12. The molecule has 2 saturated heterocycles. The molecule has 0 saturated carbocycles. The molecule has 1 spiro atoms. The third-order valence-electron chi connectivity index (χ3n) is 5.39. The molecule has 1 atom stereocenters. The number of cyclic esters (lactones) is 1. The lowest BCUT2D eigenvalue weighted by Crippen LogP contribution is -2.45. The number of phenolic OH excluding ortho intramolecular Hbond substituents is 1. The number of likely N-dealkylation sites (tertiary alicyclic amines) is 1. The van der Waals surface area contributed by atoms with E-state index in [2.05, 4.69) is 0 Å². The summed E-state index contributed by atoms with van der Waals surface area (Å²) in [4.78, 5) is 28.4. The zero-order chi connectivity index (χ0) is 20.7. The van der Waals surface area contributed by atoms with Crippen molar-refractivity contribution in [2.45, 2.75) is 31.5 Å². The standard InChI is InChI=1S/C19H23F3N2O4/c1-23(2)11-15-10-18(17(27)28-15)3-5-24(6-4-18)16(26)12-7-13(19(20,21)22)9-14(25)8-12/h7-9,15,25H,3-6,10-11H2,1-2H3. The number of esters is 1. The van der Waals surface area contributed by atoms with Crippen LogP contribution in [0.4, 0.5) is 13.2 Å². The van der Waals surface area contributed by atoms with Gasteiger partial charge >= 0.3 is 12.1 Å². The maximum atomic E-state index is 12.9. The summed E-state index contributed by atoms with van der Waals surface area (Å²) in [6.07, 6.45) is -3.45. The van der Waals surface area contributed by atoms with Crippen molar-refractivity contribution in [2.24, 2.45) is 5.41 Å². The predicted molar refractivity (Wildman–Crippen MR) is 93.7 cm³/mol. The van der Waals surface area contributed by atoms with Crippen LogP contribution >= 0.6 is 0 Å². The van der Waals surface area contributed by atoms with Gasteiger partial charge in [0.1, 0.15) is 11.9 Å². The number of ether oxygens (including phenoxy) is 1. The van der Waals surface area contributed by atoms with Crippen LogP contribution in [0.5, 0.6) is 5.75 Å². The minimum atomic E-state index is -4.66. The molecule has 0 aliphatic carbocycles. The number of aromatic hydroxyl groups is 1. The highest BCUT2D eigenvalue weighted by molar-refractivity contribution is 5.95. The summed E-state index contributed by atoms with van der Waals surface area (Å²) < 4.78 is 44.3. The Bertz CT molecular complexity index is 771. The molecule has 1 N–H and O–H groups in total. The van der Waals surface area contributed by atoms with Crippen LogP contribution in [-0.4, -0.2) is 66.6 Å². The third-order valence-corrected chi connectivity index (χ3v) is 5.39. The molecule has 2 aliphatic heterocycles. The number of rotatable bonds is 3. The quantitative estimate of drug-likeness (QED) is 0.790. The Morgan fingerprint density at radius 3 is 2.50 bits per heavy atom. The van der Waals surface area contributed by atoms with Gasteiger partial charge in [-0.05, 0) is 45.1 Å². The van der Waals surface area contributed by atoms with Crippen LogP contribution in [0.1, 0.15) is 35.2 Å². The fourth-order valence-corrected chi connectivity index (χ4v) is 3.97. The highest BCUT2D eigenvalue weighted by atomic mass is 19.4. The van der Waals surface area contributed by atoms with Crippen LogP contribution in [-0.2, 0) is 15.7 Å². The number of hydrogen-bond donors (Lipinski definition) is 1. The highest BCUT2D eigenvalue weighted by Gasteiger charge is 2.50. The van der Waals surface area contributed by atoms with Crippen LogP contribution in [0.25, 0.3) is 0 Å². The maximum absolute atomic E-state index is 12.9. The number of carbonyl (C=O) groups excluding carboxylic acids is 2. The van der Waals surface area contributed by atoms with Gasteiger partial charge in [-0.2, -0.15) is 13.2 Å². The summed E-state index contributed by atoms with van der Waals surface area (Å²) in [6, 6.07) is 2.35. The molecule has 1 aromatic rings. The first-order valence-electron chi connectivity index (χ1n) is 9.06. The van der Waals surface area contributed by atoms with E-state index in [4.69, 9.17) is 4.74 Å². The molecule has 0 aromatic heterocycles. The Kier molecular flexibility index (Phi) is 5.31. The Morgan fingerprint density at radius 2 is 1.93 bits per heavy atom. The number of phenols is 1. The predicted octanol–water partition coefficient (Wildman–Crippen LogP) is 2.51. The summed E-state index contributed by atoms with van der Waals surface area (Å²) in [5.74, 6) is -1.46. The number of hydrogen-bond acceptors (Lipinski definition) is 5. The summed E-state index contributed by atoms with van der Waals surface area (Å²) in [5.41, 5.74) is -1.93. The second kappa shape index (κ2) is 7.27. The average Bonchev–Trinajstić information content (AvgIpc) is 2.87. The van der Waals surface area contributed by atoms with Gasteiger partial charge in [-0.3, -0.25) is 9.59 Å². The van der Waals surface area contributed by atoms with E-state index < -0.39 is 28.8 Å². The van der Waals surface area contributed by atoms with E-state index in [0.29, 0.717) is 31.9 Å². The number of nitrogens with zero attached hydrogens (tertiary/aromatic N) is 2. The summed E-state index contributed by atoms with van der Waals surface area (Å²) in [7, 11) is 3.79. The number of likely N-dealkylation sites (N-methyl/N-ethyl adjacent to an activating group) is 1. The van der Waals surface area contributed by atoms with Crippen molar-refractivity contribution in [3.05, 3.63) is 29.3 Å². The summed E-state index contributed by atoms with van der Waals surface area (Å²) in [5, 5.41) is 9.57. The van der Waals surface area contributed by atoms with Gasteiger partial charge in [-0.1, -0.05) is 0 Å². The van der Waals surface area contributed by atoms with Gasteiger partial charge in [-0.15, -0.1) is 0 Å². The molecular weight excluding hydrogens is 377 g/mol. The fourth-order valence-electron chi connectivity index (χ4n) is 3.97. The van der Waals surface area contributed by atoms with Gasteiger partial charge in [0.05, 0.1) is 11.0 Å². The molecule has 28 heavy (non-hydrogen) atoms. The Labute approximate surface area is 160 Å². The molecule has 9 heteroatoms. The topological polar surface area (TPSA) is 70.1 Å². The third kappa shape index (κ3) is 4.09. The number of amides is 1. The molecule has 2 heterocycles. The number of halogens is 3. The van der Waals surface area contributed by atoms with Gasteiger partial charge in [0, 0.05) is 31.6 Å². The van der Waals surface area contributed by atoms with Crippen molar-refractivity contribution in [3.8, 4) is 5.75 Å². The first-order chi connectivity index (χ1) is 13.0. The smallest absolute Gasteiger partial charge is 0.416 e. The van der Waals surface area contributed by atoms with Gasteiger partial charge in [-0.25, -0.2) is 0 Å². The second-order valence-electron chi connectivity index (χ2n) is 7.83. The molecule has 0 bridgehead atoms. The van der Waals surface area contributed by atoms with E-state index in [1.54, 1.807) is 0 Å². The number of alkyl halides is 3. The van der Waals surface area contributed by atoms with E-state index in [-0.39, 0.29) is 30.7 Å². The average molecular weight is 400 g/mol. The molecule has 2 fully saturated rings. The van der Waals surface area contributed by atoms with Crippen LogP contribution in [0, 0.1) is 5.41 Å². The first kappa shape index (κ1) is 20.4. The normalized spacial score (nSPS) is 22.0. The van der Waals surface area contributed by atoms with Crippen LogP contribution in [0.15, 0.2) is 18.2 Å². The highest BCUT2D eigenvalue weighted by Crippen LogP contribution is 2.43.